The highest BCUT2D eigenvalue weighted by Crippen LogP contribution is 2.27. The molecule has 1 aliphatic rings. The van der Waals surface area contributed by atoms with Gasteiger partial charge in [-0.2, -0.15) is 0 Å². The number of hydrogen-bond acceptors (Lipinski definition) is 6. The van der Waals surface area contributed by atoms with Crippen LogP contribution in [0.5, 0.6) is 0 Å². The van der Waals surface area contributed by atoms with Crippen molar-refractivity contribution in [1.82, 2.24) is 4.90 Å². The van der Waals surface area contributed by atoms with Gasteiger partial charge in [-0.25, -0.2) is 0 Å². The molecule has 4 atom stereocenters. The molecule has 0 saturated carbocycles. The van der Waals surface area contributed by atoms with E-state index in [0.29, 0.717) is 38.6 Å². The lowest BCUT2D eigenvalue weighted by Crippen LogP contribution is -2.45. The highest BCUT2D eigenvalue weighted by atomic mass is 16.2. The molecule has 1 fully saturated rings. The van der Waals surface area contributed by atoms with Crippen LogP contribution in [0.15, 0.2) is 47.5 Å². The first-order valence-corrected chi connectivity index (χ1v) is 13.5. The summed E-state index contributed by atoms with van der Waals surface area (Å²) in [6, 6.07) is 12.8. The minimum atomic E-state index is -0.748. The highest BCUT2D eigenvalue weighted by Gasteiger charge is 2.41. The van der Waals surface area contributed by atoms with Crippen LogP contribution in [0.4, 0.5) is 0 Å². The molecule has 10 heteroatoms. The zero-order valence-corrected chi connectivity index (χ0v) is 22.6. The molecule has 2 aromatic carbocycles. The number of benzene rings is 2. The molecule has 0 aromatic heterocycles. The van der Waals surface area contributed by atoms with E-state index in [1.54, 1.807) is 0 Å². The number of carbonyl (C=O) groups excluding carboxylic acids is 4. The number of rotatable bonds is 14. The smallest absolute Gasteiger partial charge is 0.227 e. The van der Waals surface area contributed by atoms with Crippen molar-refractivity contribution in [1.29, 1.82) is 0 Å². The molecule has 39 heavy (non-hydrogen) atoms. The predicted molar refractivity (Wildman–Crippen MR) is 151 cm³/mol. The minimum Gasteiger partial charge on any atom is -0.370 e. The third kappa shape index (κ3) is 8.61. The molecule has 2 amide bonds. The summed E-state index contributed by atoms with van der Waals surface area (Å²) in [5, 5.41) is 2.14. The Hall–Kier alpha value is -3.79. The van der Waals surface area contributed by atoms with Crippen LogP contribution in [-0.4, -0.2) is 59.4 Å². The Morgan fingerprint density at radius 1 is 0.974 bits per heavy atom. The molecule has 10 nitrogen and oxygen atoms in total. The Kier molecular flexibility index (Phi) is 10.6. The summed E-state index contributed by atoms with van der Waals surface area (Å²) in [4.78, 5) is 56.8. The fourth-order valence-corrected chi connectivity index (χ4v) is 5.33. The van der Waals surface area contributed by atoms with Crippen molar-refractivity contribution >= 4 is 40.1 Å². The lowest BCUT2D eigenvalue weighted by Gasteiger charge is -2.28. The Morgan fingerprint density at radius 2 is 1.69 bits per heavy atom. The predicted octanol–water partition coefficient (Wildman–Crippen LogP) is 1.41. The lowest BCUT2D eigenvalue weighted by atomic mass is 9.90. The number of likely N-dealkylation sites (tertiary alicyclic amines) is 1. The van der Waals surface area contributed by atoms with Crippen LogP contribution in [0.2, 0.25) is 0 Å². The average molecular weight is 537 g/mol. The molecule has 1 heterocycles. The molecular weight excluding hydrogens is 496 g/mol. The number of nitrogens with zero attached hydrogens (tertiary/aromatic N) is 2. The van der Waals surface area contributed by atoms with Crippen LogP contribution in [0, 0.1) is 11.8 Å². The van der Waals surface area contributed by atoms with Gasteiger partial charge >= 0.3 is 0 Å². The number of Topliss-reactive ketones (excluding diaryl/α,β-unsaturated/α-hetero) is 2. The third-order valence-corrected chi connectivity index (χ3v) is 7.27. The van der Waals surface area contributed by atoms with Gasteiger partial charge in [0.2, 0.25) is 11.8 Å². The fourth-order valence-electron chi connectivity index (χ4n) is 5.33. The molecule has 8 N–H and O–H groups in total. The minimum absolute atomic E-state index is 0.00246. The lowest BCUT2D eigenvalue weighted by molar-refractivity contribution is -0.142. The van der Waals surface area contributed by atoms with Gasteiger partial charge in [-0.1, -0.05) is 48.9 Å². The highest BCUT2D eigenvalue weighted by molar-refractivity contribution is 5.94. The summed E-state index contributed by atoms with van der Waals surface area (Å²) in [6.07, 6.45) is 2.37. The normalized spacial score (nSPS) is 18.5. The quantitative estimate of drug-likeness (QED) is 0.159. The number of amides is 2. The first kappa shape index (κ1) is 29.8. The van der Waals surface area contributed by atoms with Crippen molar-refractivity contribution in [2.45, 2.75) is 64.0 Å². The number of fused-ring (bicyclic) bond motifs is 1. The first-order chi connectivity index (χ1) is 18.5. The van der Waals surface area contributed by atoms with E-state index in [4.69, 9.17) is 22.9 Å². The number of aliphatic imine (C=N–C) groups is 1. The molecular formula is C29H40N6O4. The van der Waals surface area contributed by atoms with E-state index >= 15 is 0 Å². The molecule has 2 aromatic rings. The molecule has 3 rings (SSSR count). The number of carbonyl (C=O) groups is 4. The van der Waals surface area contributed by atoms with Crippen molar-refractivity contribution in [2.24, 2.45) is 39.8 Å². The van der Waals surface area contributed by atoms with E-state index < -0.39 is 23.8 Å². The maximum Gasteiger partial charge on any atom is 0.227 e. The maximum atomic E-state index is 13.8. The van der Waals surface area contributed by atoms with Gasteiger partial charge in [0, 0.05) is 43.8 Å². The van der Waals surface area contributed by atoms with Crippen molar-refractivity contribution in [3.63, 3.8) is 0 Å². The van der Waals surface area contributed by atoms with Crippen LogP contribution in [0.1, 0.15) is 51.0 Å². The number of ketones is 2. The summed E-state index contributed by atoms with van der Waals surface area (Å²) >= 11 is 0. The van der Waals surface area contributed by atoms with Crippen LogP contribution >= 0.6 is 0 Å². The van der Waals surface area contributed by atoms with E-state index in [1.807, 2.05) is 42.5 Å². The van der Waals surface area contributed by atoms with E-state index in [1.165, 1.54) is 11.8 Å². The summed E-state index contributed by atoms with van der Waals surface area (Å²) in [5.74, 6) is -2.44. The van der Waals surface area contributed by atoms with Crippen molar-refractivity contribution in [3.8, 4) is 0 Å². The van der Waals surface area contributed by atoms with Gasteiger partial charge in [0.25, 0.3) is 0 Å². The van der Waals surface area contributed by atoms with E-state index in [9.17, 15) is 19.2 Å². The Morgan fingerprint density at radius 3 is 2.36 bits per heavy atom. The Labute approximate surface area is 229 Å². The van der Waals surface area contributed by atoms with Gasteiger partial charge < -0.3 is 32.6 Å². The van der Waals surface area contributed by atoms with Crippen molar-refractivity contribution in [2.75, 3.05) is 13.1 Å². The maximum absolute atomic E-state index is 13.8. The first-order valence-electron chi connectivity index (χ1n) is 13.5. The Bertz CT molecular complexity index is 1230. The van der Waals surface area contributed by atoms with E-state index in [0.717, 1.165) is 16.3 Å². The molecule has 4 unspecified atom stereocenters. The largest absolute Gasteiger partial charge is 0.370 e. The second kappa shape index (κ2) is 13.8. The van der Waals surface area contributed by atoms with Gasteiger partial charge in [-0.15, -0.1) is 0 Å². The van der Waals surface area contributed by atoms with Crippen LogP contribution in [0.3, 0.4) is 0 Å². The molecule has 1 saturated heterocycles. The van der Waals surface area contributed by atoms with Gasteiger partial charge in [0.1, 0.15) is 5.78 Å². The standard InChI is InChI=1S/C29H40N6O4/c1-18(36)12-23(14-19-9-10-20-6-2-3-7-21(20)13-19)28(39)35-17-24(30)16-25(35)26(37)15-22(27(31)38)8-4-5-11-34-29(32)33/h2-3,6-7,9-10,13,22-25H,4-5,8,11-12,14-17,30H2,1H3,(H2,31,38)(H4,32,33,34). The second-order valence-corrected chi connectivity index (χ2v) is 10.6. The summed E-state index contributed by atoms with van der Waals surface area (Å²) in [7, 11) is 0. The van der Waals surface area contributed by atoms with Crippen molar-refractivity contribution in [3.05, 3.63) is 48.0 Å². The number of primary amides is 1. The van der Waals surface area contributed by atoms with Gasteiger partial charge in [-0.3, -0.25) is 19.4 Å². The zero-order chi connectivity index (χ0) is 28.5. The molecule has 0 aliphatic carbocycles. The second-order valence-electron chi connectivity index (χ2n) is 10.6. The molecule has 0 spiro atoms. The van der Waals surface area contributed by atoms with Gasteiger partial charge in [-0.05, 0) is 48.9 Å². The average Bonchev–Trinajstić information content (AvgIpc) is 3.28. The number of unbranched alkanes of at least 4 members (excludes halogenated alkanes) is 1. The summed E-state index contributed by atoms with van der Waals surface area (Å²) in [5.41, 5.74) is 23.4. The van der Waals surface area contributed by atoms with E-state index in [2.05, 4.69) is 4.99 Å². The summed E-state index contributed by atoms with van der Waals surface area (Å²) in [6.45, 7) is 2.11. The molecule has 0 bridgehead atoms. The topological polar surface area (TPSA) is 188 Å². The molecule has 0 radical (unpaired) electrons. The van der Waals surface area contributed by atoms with E-state index in [-0.39, 0.29) is 48.9 Å². The third-order valence-electron chi connectivity index (χ3n) is 7.27. The SMILES string of the molecule is CC(=O)CC(Cc1ccc2ccccc2c1)C(=O)N1CC(N)CC1C(=O)CC(CCCCN=C(N)N)C(N)=O. The molecule has 210 valence electrons. The van der Waals surface area contributed by atoms with Gasteiger partial charge in [0.05, 0.1) is 6.04 Å². The molecule has 1 aliphatic heterocycles. The Balaban J connectivity index is 1.72. The summed E-state index contributed by atoms with van der Waals surface area (Å²) < 4.78 is 0. The number of guanidine groups is 1. The van der Waals surface area contributed by atoms with Crippen LogP contribution in [-0.2, 0) is 25.6 Å². The van der Waals surface area contributed by atoms with Crippen molar-refractivity contribution < 1.29 is 19.2 Å². The number of nitrogens with two attached hydrogens (primary N) is 4. The van der Waals surface area contributed by atoms with Gasteiger partial charge in [0.15, 0.2) is 11.7 Å². The fraction of sp³-hybridized carbons (Fsp3) is 0.483. The van der Waals surface area contributed by atoms with Crippen LogP contribution in [0.25, 0.3) is 10.8 Å². The zero-order valence-electron chi connectivity index (χ0n) is 22.6. The van der Waals surface area contributed by atoms with Crippen LogP contribution < -0.4 is 22.9 Å². The number of hydrogen-bond donors (Lipinski definition) is 4. The monoisotopic (exact) mass is 536 g/mol.